The normalized spacial score (nSPS) is 12.3. The minimum absolute atomic E-state index is 0.143. The average molecular weight is 290 g/mol. The van der Waals surface area contributed by atoms with Crippen LogP contribution in [0.15, 0.2) is 36.4 Å². The van der Waals surface area contributed by atoms with Gasteiger partial charge in [-0.3, -0.25) is 0 Å². The quantitative estimate of drug-likeness (QED) is 0.849. The number of aromatic carboxylic acids is 1. The number of carbonyl (C=O) groups is 1. The Morgan fingerprint density at radius 2 is 1.86 bits per heavy atom. The minimum Gasteiger partial charge on any atom is -0.491 e. The second-order valence-corrected chi connectivity index (χ2v) is 4.65. The summed E-state index contributed by atoms with van der Waals surface area (Å²) in [5, 5.41) is 10.8. The van der Waals surface area contributed by atoms with E-state index < -0.39 is 5.97 Å². The number of methoxy groups -OCH3 is 2. The van der Waals surface area contributed by atoms with Crippen LogP contribution in [0, 0.1) is 0 Å². The van der Waals surface area contributed by atoms with E-state index in [4.69, 9.17) is 19.3 Å². The maximum atomic E-state index is 11.0. The standard InChI is InChI=1S/C16H18O5/c1-19-9-15(20-2)10-21-14-6-5-11-3-4-12(16(17)18)7-13(11)8-14/h3-8,15H,9-10H2,1-2H3,(H,17,18). The molecule has 1 N–H and O–H groups in total. The van der Waals surface area contributed by atoms with Gasteiger partial charge in [-0.15, -0.1) is 0 Å². The van der Waals surface area contributed by atoms with Crippen LogP contribution in [0.1, 0.15) is 10.4 Å². The fraction of sp³-hybridized carbons (Fsp3) is 0.312. The molecule has 0 saturated heterocycles. The Morgan fingerprint density at radius 1 is 1.10 bits per heavy atom. The molecular formula is C16H18O5. The van der Waals surface area contributed by atoms with Gasteiger partial charge in [-0.2, -0.15) is 0 Å². The summed E-state index contributed by atoms with van der Waals surface area (Å²) in [7, 11) is 3.21. The molecule has 0 aliphatic carbocycles. The van der Waals surface area contributed by atoms with E-state index in [1.165, 1.54) is 0 Å². The molecular weight excluding hydrogens is 272 g/mol. The molecule has 0 aliphatic rings. The van der Waals surface area contributed by atoms with Gasteiger partial charge in [0.1, 0.15) is 18.5 Å². The van der Waals surface area contributed by atoms with E-state index in [2.05, 4.69) is 0 Å². The van der Waals surface area contributed by atoms with Crippen molar-refractivity contribution < 1.29 is 24.1 Å². The van der Waals surface area contributed by atoms with Gasteiger partial charge < -0.3 is 19.3 Å². The molecule has 112 valence electrons. The average Bonchev–Trinajstić information content (AvgIpc) is 2.50. The van der Waals surface area contributed by atoms with Crippen LogP contribution >= 0.6 is 0 Å². The Bertz CT molecular complexity index is 623. The van der Waals surface area contributed by atoms with Gasteiger partial charge in [0.25, 0.3) is 0 Å². The highest BCUT2D eigenvalue weighted by Crippen LogP contribution is 2.22. The van der Waals surface area contributed by atoms with Crippen LogP contribution in [0.3, 0.4) is 0 Å². The Morgan fingerprint density at radius 3 is 2.52 bits per heavy atom. The lowest BCUT2D eigenvalue weighted by molar-refractivity contribution is 0.000904. The van der Waals surface area contributed by atoms with Crippen molar-refractivity contribution in [2.75, 3.05) is 27.4 Å². The molecule has 0 fully saturated rings. The molecule has 0 bridgehead atoms. The summed E-state index contributed by atoms with van der Waals surface area (Å²) in [6.07, 6.45) is -0.143. The third kappa shape index (κ3) is 3.93. The predicted octanol–water partition coefficient (Wildman–Crippen LogP) is 2.58. The maximum absolute atomic E-state index is 11.0. The molecule has 1 atom stereocenters. The van der Waals surface area contributed by atoms with E-state index >= 15 is 0 Å². The summed E-state index contributed by atoms with van der Waals surface area (Å²) < 4.78 is 15.9. The summed E-state index contributed by atoms with van der Waals surface area (Å²) in [6, 6.07) is 10.6. The largest absolute Gasteiger partial charge is 0.491 e. The van der Waals surface area contributed by atoms with Gasteiger partial charge >= 0.3 is 5.97 Å². The third-order valence-electron chi connectivity index (χ3n) is 3.18. The Balaban J connectivity index is 2.15. The lowest BCUT2D eigenvalue weighted by Gasteiger charge is -2.15. The van der Waals surface area contributed by atoms with E-state index in [9.17, 15) is 4.79 Å². The molecule has 2 aromatic carbocycles. The SMILES string of the molecule is COCC(COc1ccc2ccc(C(=O)O)cc2c1)OC. The maximum Gasteiger partial charge on any atom is 0.335 e. The highest BCUT2D eigenvalue weighted by atomic mass is 16.5. The van der Waals surface area contributed by atoms with Gasteiger partial charge in [0.15, 0.2) is 0 Å². The first-order valence-electron chi connectivity index (χ1n) is 6.55. The minimum atomic E-state index is -0.942. The number of benzene rings is 2. The lowest BCUT2D eigenvalue weighted by Crippen LogP contribution is -2.25. The fourth-order valence-corrected chi connectivity index (χ4v) is 2.01. The molecule has 2 rings (SSSR count). The molecule has 0 spiro atoms. The highest BCUT2D eigenvalue weighted by molar-refractivity contribution is 5.94. The zero-order valence-electron chi connectivity index (χ0n) is 12.0. The van der Waals surface area contributed by atoms with Gasteiger partial charge in [0, 0.05) is 14.2 Å². The van der Waals surface area contributed by atoms with Crippen molar-refractivity contribution in [3.05, 3.63) is 42.0 Å². The van der Waals surface area contributed by atoms with Gasteiger partial charge in [0.2, 0.25) is 0 Å². The molecule has 1 unspecified atom stereocenters. The first-order chi connectivity index (χ1) is 10.1. The summed E-state index contributed by atoms with van der Waals surface area (Å²) in [6.45, 7) is 0.821. The number of carboxylic acid groups (broad SMARTS) is 1. The molecule has 5 heteroatoms. The Labute approximate surface area is 123 Å². The topological polar surface area (TPSA) is 65.0 Å². The summed E-state index contributed by atoms with van der Waals surface area (Å²) >= 11 is 0. The molecule has 0 aliphatic heterocycles. The van der Waals surface area contributed by atoms with Crippen molar-refractivity contribution in [3.8, 4) is 5.75 Å². The van der Waals surface area contributed by atoms with Gasteiger partial charge in [-0.1, -0.05) is 12.1 Å². The van der Waals surface area contributed by atoms with Gasteiger partial charge in [-0.25, -0.2) is 4.79 Å². The monoisotopic (exact) mass is 290 g/mol. The Kier molecular flexibility index (Phi) is 5.14. The van der Waals surface area contributed by atoms with Crippen LogP contribution in [0.5, 0.6) is 5.75 Å². The van der Waals surface area contributed by atoms with E-state index in [0.29, 0.717) is 19.0 Å². The summed E-state index contributed by atoms with van der Waals surface area (Å²) in [5.74, 6) is -0.272. The number of fused-ring (bicyclic) bond motifs is 1. The van der Waals surface area contributed by atoms with E-state index in [0.717, 1.165) is 10.8 Å². The van der Waals surface area contributed by atoms with Crippen molar-refractivity contribution in [1.29, 1.82) is 0 Å². The third-order valence-corrected chi connectivity index (χ3v) is 3.18. The van der Waals surface area contributed by atoms with Crippen molar-refractivity contribution >= 4 is 16.7 Å². The molecule has 5 nitrogen and oxygen atoms in total. The highest BCUT2D eigenvalue weighted by Gasteiger charge is 2.09. The number of rotatable bonds is 7. The van der Waals surface area contributed by atoms with Crippen molar-refractivity contribution in [2.45, 2.75) is 6.10 Å². The van der Waals surface area contributed by atoms with Crippen LogP contribution in [0.25, 0.3) is 10.8 Å². The van der Waals surface area contributed by atoms with Gasteiger partial charge in [0.05, 0.1) is 12.2 Å². The second-order valence-electron chi connectivity index (χ2n) is 4.65. The van der Waals surface area contributed by atoms with Crippen molar-refractivity contribution in [3.63, 3.8) is 0 Å². The summed E-state index contributed by atoms with van der Waals surface area (Å²) in [5.41, 5.74) is 0.258. The number of ether oxygens (including phenoxy) is 3. The van der Waals surface area contributed by atoms with Crippen LogP contribution in [-0.2, 0) is 9.47 Å². The molecule has 2 aromatic rings. The molecule has 0 saturated carbocycles. The molecule has 0 aromatic heterocycles. The van der Waals surface area contributed by atoms with Crippen LogP contribution in [0.2, 0.25) is 0 Å². The van der Waals surface area contributed by atoms with Gasteiger partial charge in [-0.05, 0) is 35.0 Å². The zero-order valence-corrected chi connectivity index (χ0v) is 12.0. The molecule has 21 heavy (non-hydrogen) atoms. The number of hydrogen-bond acceptors (Lipinski definition) is 4. The first-order valence-corrected chi connectivity index (χ1v) is 6.55. The fourth-order valence-electron chi connectivity index (χ4n) is 2.01. The van der Waals surface area contributed by atoms with Crippen LogP contribution in [-0.4, -0.2) is 44.6 Å². The van der Waals surface area contributed by atoms with Crippen molar-refractivity contribution in [2.24, 2.45) is 0 Å². The number of hydrogen-bond donors (Lipinski definition) is 1. The smallest absolute Gasteiger partial charge is 0.335 e. The molecule has 0 heterocycles. The number of carboxylic acids is 1. The Hall–Kier alpha value is -2.11. The predicted molar refractivity (Wildman–Crippen MR) is 79.1 cm³/mol. The first kappa shape index (κ1) is 15.3. The van der Waals surface area contributed by atoms with Crippen molar-refractivity contribution in [1.82, 2.24) is 0 Å². The van der Waals surface area contributed by atoms with E-state index in [1.807, 2.05) is 18.2 Å². The lowest BCUT2D eigenvalue weighted by atomic mass is 10.1. The van der Waals surface area contributed by atoms with Crippen LogP contribution in [0.4, 0.5) is 0 Å². The second kappa shape index (κ2) is 7.06. The molecule has 0 amide bonds. The zero-order chi connectivity index (χ0) is 15.2. The summed E-state index contributed by atoms with van der Waals surface area (Å²) in [4.78, 5) is 11.0. The molecule has 0 radical (unpaired) electrons. The van der Waals surface area contributed by atoms with E-state index in [1.54, 1.807) is 32.4 Å². The van der Waals surface area contributed by atoms with Crippen LogP contribution < -0.4 is 4.74 Å². The van der Waals surface area contributed by atoms with E-state index in [-0.39, 0.29) is 11.7 Å².